The minimum Gasteiger partial charge on any atom is -0.439 e. The summed E-state index contributed by atoms with van der Waals surface area (Å²) in [5.74, 6) is 0.725. The van der Waals surface area contributed by atoms with Gasteiger partial charge in [0.2, 0.25) is 5.88 Å². The number of rotatable bonds is 6. The van der Waals surface area contributed by atoms with Gasteiger partial charge in [0.1, 0.15) is 12.1 Å². The Hall–Kier alpha value is -4.61. The van der Waals surface area contributed by atoms with Crippen LogP contribution in [-0.4, -0.2) is 32.1 Å². The highest BCUT2D eigenvalue weighted by Crippen LogP contribution is 2.30. The quantitative estimate of drug-likeness (QED) is 0.423. The van der Waals surface area contributed by atoms with E-state index in [1.54, 1.807) is 53.5 Å². The first kappa shape index (κ1) is 21.6. The molecule has 9 nitrogen and oxygen atoms in total. The molecule has 0 unspecified atom stereocenters. The van der Waals surface area contributed by atoms with E-state index in [1.807, 2.05) is 0 Å². The Labute approximate surface area is 184 Å². The number of amides is 2. The predicted molar refractivity (Wildman–Crippen MR) is 111 cm³/mol. The standard InChI is InChI=1S/C21H15F3N6O3/c22-21(23,24)33-17-5-2-1-4-16(17)29-20(31)28-14-6-8-15(9-7-14)32-19-12-18(25-13-26-19)30-11-3-10-27-30/h1-13H,(H2,28,29,31). The molecule has 2 aromatic heterocycles. The smallest absolute Gasteiger partial charge is 0.439 e. The molecule has 0 fully saturated rings. The Morgan fingerprint density at radius 1 is 0.970 bits per heavy atom. The zero-order valence-electron chi connectivity index (χ0n) is 16.7. The molecule has 12 heteroatoms. The van der Waals surface area contributed by atoms with Crippen LogP contribution in [0.15, 0.2) is 79.4 Å². The van der Waals surface area contributed by atoms with Crippen LogP contribution in [-0.2, 0) is 0 Å². The molecule has 0 radical (unpaired) electrons. The number of alkyl halides is 3. The molecular formula is C21H15F3N6O3. The van der Waals surface area contributed by atoms with Crippen LogP contribution >= 0.6 is 0 Å². The van der Waals surface area contributed by atoms with E-state index in [9.17, 15) is 18.0 Å². The summed E-state index contributed by atoms with van der Waals surface area (Å²) in [4.78, 5) is 20.4. The van der Waals surface area contributed by atoms with Crippen molar-refractivity contribution in [3.05, 3.63) is 79.4 Å². The van der Waals surface area contributed by atoms with Crippen LogP contribution in [0.5, 0.6) is 17.4 Å². The van der Waals surface area contributed by atoms with E-state index in [-0.39, 0.29) is 11.6 Å². The Bertz CT molecular complexity index is 1230. The predicted octanol–water partition coefficient (Wildman–Crippen LogP) is 5.00. The molecule has 2 heterocycles. The van der Waals surface area contributed by atoms with E-state index in [0.717, 1.165) is 6.07 Å². The number of halogens is 3. The van der Waals surface area contributed by atoms with Gasteiger partial charge in [0.15, 0.2) is 11.6 Å². The molecule has 33 heavy (non-hydrogen) atoms. The summed E-state index contributed by atoms with van der Waals surface area (Å²) >= 11 is 0. The number of nitrogens with one attached hydrogen (secondary N) is 2. The fourth-order valence-electron chi connectivity index (χ4n) is 2.71. The van der Waals surface area contributed by atoms with Crippen LogP contribution < -0.4 is 20.1 Å². The van der Waals surface area contributed by atoms with Gasteiger partial charge >= 0.3 is 12.4 Å². The maximum absolute atomic E-state index is 12.5. The van der Waals surface area contributed by atoms with E-state index >= 15 is 0 Å². The van der Waals surface area contributed by atoms with Gasteiger partial charge in [-0.2, -0.15) is 5.10 Å². The van der Waals surface area contributed by atoms with Crippen molar-refractivity contribution in [1.29, 1.82) is 0 Å². The summed E-state index contributed by atoms with van der Waals surface area (Å²) in [5.41, 5.74) is 0.248. The third-order valence-electron chi connectivity index (χ3n) is 4.06. The molecule has 4 rings (SSSR count). The second-order valence-electron chi connectivity index (χ2n) is 6.41. The van der Waals surface area contributed by atoms with Crippen LogP contribution in [0.2, 0.25) is 0 Å². The van der Waals surface area contributed by atoms with Gasteiger partial charge in [-0.1, -0.05) is 12.1 Å². The average molecular weight is 456 g/mol. The van der Waals surface area contributed by atoms with Crippen molar-refractivity contribution in [3.63, 3.8) is 0 Å². The molecule has 168 valence electrons. The average Bonchev–Trinajstić information content (AvgIpc) is 3.31. The third-order valence-corrected chi connectivity index (χ3v) is 4.06. The third kappa shape index (κ3) is 5.97. The number of aromatic nitrogens is 4. The first-order valence-corrected chi connectivity index (χ1v) is 9.38. The maximum atomic E-state index is 12.5. The highest BCUT2D eigenvalue weighted by molar-refractivity contribution is 6.00. The molecule has 0 spiro atoms. The number of nitrogens with zero attached hydrogens (tertiary/aromatic N) is 4. The van der Waals surface area contributed by atoms with Crippen LogP contribution in [0.1, 0.15) is 0 Å². The van der Waals surface area contributed by atoms with Crippen molar-refractivity contribution >= 4 is 17.4 Å². The Balaban J connectivity index is 1.38. The van der Waals surface area contributed by atoms with Crippen molar-refractivity contribution in [3.8, 4) is 23.2 Å². The molecule has 0 aliphatic rings. The summed E-state index contributed by atoms with van der Waals surface area (Å²) in [6.45, 7) is 0. The van der Waals surface area contributed by atoms with E-state index < -0.39 is 18.1 Å². The summed E-state index contributed by atoms with van der Waals surface area (Å²) in [7, 11) is 0. The van der Waals surface area contributed by atoms with E-state index in [2.05, 4.69) is 30.4 Å². The van der Waals surface area contributed by atoms with Gasteiger partial charge < -0.3 is 20.1 Å². The minimum atomic E-state index is -4.88. The fourth-order valence-corrected chi connectivity index (χ4v) is 2.71. The van der Waals surface area contributed by atoms with Crippen LogP contribution in [0.25, 0.3) is 5.82 Å². The number of ether oxygens (including phenoxy) is 2. The summed E-state index contributed by atoms with van der Waals surface area (Å²) in [6, 6.07) is 14.1. The van der Waals surface area contributed by atoms with Gasteiger partial charge in [-0.05, 0) is 42.5 Å². The number of anilines is 2. The number of hydrogen-bond acceptors (Lipinski definition) is 6. The van der Waals surface area contributed by atoms with Gasteiger partial charge in [-0.25, -0.2) is 19.4 Å². The highest BCUT2D eigenvalue weighted by atomic mass is 19.4. The molecule has 0 aliphatic heterocycles. The summed E-state index contributed by atoms with van der Waals surface area (Å²) < 4.78 is 48.7. The topological polar surface area (TPSA) is 103 Å². The lowest BCUT2D eigenvalue weighted by Crippen LogP contribution is -2.22. The molecule has 4 aromatic rings. The lowest BCUT2D eigenvalue weighted by Gasteiger charge is -2.14. The molecule has 0 saturated carbocycles. The van der Waals surface area contributed by atoms with Gasteiger partial charge in [0, 0.05) is 24.1 Å². The minimum absolute atomic E-state index is 0.135. The van der Waals surface area contributed by atoms with Crippen molar-refractivity contribution in [2.75, 3.05) is 10.6 Å². The second kappa shape index (κ2) is 9.26. The molecular weight excluding hydrogens is 441 g/mol. The lowest BCUT2D eigenvalue weighted by atomic mass is 10.3. The monoisotopic (exact) mass is 456 g/mol. The number of hydrogen-bond donors (Lipinski definition) is 2. The van der Waals surface area contributed by atoms with E-state index in [4.69, 9.17) is 4.74 Å². The van der Waals surface area contributed by atoms with Crippen molar-refractivity contribution in [2.24, 2.45) is 0 Å². The van der Waals surface area contributed by atoms with Crippen molar-refractivity contribution in [1.82, 2.24) is 19.7 Å². The summed E-state index contributed by atoms with van der Waals surface area (Å²) in [6.07, 6.45) is -0.197. The number of para-hydroxylation sites is 2. The zero-order chi connectivity index (χ0) is 23.3. The largest absolute Gasteiger partial charge is 0.573 e. The molecule has 0 aliphatic carbocycles. The number of benzene rings is 2. The Morgan fingerprint density at radius 2 is 1.76 bits per heavy atom. The Morgan fingerprint density at radius 3 is 2.48 bits per heavy atom. The number of carbonyl (C=O) groups excluding carboxylic acids is 1. The normalized spacial score (nSPS) is 11.0. The molecule has 2 aromatic carbocycles. The van der Waals surface area contributed by atoms with E-state index in [0.29, 0.717) is 17.3 Å². The van der Waals surface area contributed by atoms with Crippen molar-refractivity contribution in [2.45, 2.75) is 6.36 Å². The van der Waals surface area contributed by atoms with Gasteiger partial charge in [0.25, 0.3) is 0 Å². The zero-order valence-corrected chi connectivity index (χ0v) is 16.7. The first-order valence-electron chi connectivity index (χ1n) is 9.38. The van der Waals surface area contributed by atoms with Crippen LogP contribution in [0.3, 0.4) is 0 Å². The van der Waals surface area contributed by atoms with Gasteiger partial charge in [-0.15, -0.1) is 13.2 Å². The molecule has 2 N–H and O–H groups in total. The maximum Gasteiger partial charge on any atom is 0.573 e. The molecule has 0 saturated heterocycles. The second-order valence-corrected chi connectivity index (χ2v) is 6.41. The molecule has 0 atom stereocenters. The number of carbonyl (C=O) groups is 1. The van der Waals surface area contributed by atoms with Crippen LogP contribution in [0.4, 0.5) is 29.3 Å². The molecule has 0 bridgehead atoms. The van der Waals surface area contributed by atoms with Gasteiger partial charge in [0.05, 0.1) is 5.69 Å². The highest BCUT2D eigenvalue weighted by Gasteiger charge is 2.32. The van der Waals surface area contributed by atoms with Crippen LogP contribution in [0, 0.1) is 0 Å². The molecule has 2 amide bonds. The van der Waals surface area contributed by atoms with E-state index in [1.165, 1.54) is 24.5 Å². The van der Waals surface area contributed by atoms with Crippen molar-refractivity contribution < 1.29 is 27.4 Å². The SMILES string of the molecule is O=C(Nc1ccc(Oc2cc(-n3cccn3)ncn2)cc1)Nc1ccccc1OC(F)(F)F. The summed E-state index contributed by atoms with van der Waals surface area (Å²) in [5, 5.41) is 8.93. The number of urea groups is 1. The fraction of sp³-hybridized carbons (Fsp3) is 0.0476. The lowest BCUT2D eigenvalue weighted by molar-refractivity contribution is -0.274. The van der Waals surface area contributed by atoms with Gasteiger partial charge in [-0.3, -0.25) is 0 Å². The Kier molecular flexibility index (Phi) is 6.06. The first-order chi connectivity index (χ1) is 15.9.